The monoisotopic (exact) mass is 327 g/mol. The molecule has 0 aliphatic carbocycles. The van der Waals surface area contributed by atoms with Crippen LogP contribution in [0, 0.1) is 0 Å². The summed E-state index contributed by atoms with van der Waals surface area (Å²) in [6, 6.07) is 13.2. The van der Waals surface area contributed by atoms with Crippen molar-refractivity contribution in [3.8, 4) is 0 Å². The molecule has 24 heavy (non-hydrogen) atoms. The zero-order chi connectivity index (χ0) is 16.9. The van der Waals surface area contributed by atoms with Crippen LogP contribution in [0.3, 0.4) is 0 Å². The Labute approximate surface area is 141 Å². The fourth-order valence-corrected chi connectivity index (χ4v) is 2.62. The van der Waals surface area contributed by atoms with Gasteiger partial charge in [0.05, 0.1) is 19.2 Å². The maximum atomic E-state index is 12.4. The molecule has 1 aliphatic heterocycles. The minimum absolute atomic E-state index is 0.0359. The highest BCUT2D eigenvalue weighted by Gasteiger charge is 2.31. The number of hydrogen-bond acceptors (Lipinski definition) is 5. The number of carbonyl (C=O) groups is 1. The minimum Gasteiger partial charge on any atom is -0.445 e. The van der Waals surface area contributed by atoms with Crippen LogP contribution in [0.25, 0.3) is 0 Å². The Bertz CT molecular complexity index is 676. The lowest BCUT2D eigenvalue weighted by Gasteiger charge is -2.37. The minimum atomic E-state index is -0.331. The second-order valence-corrected chi connectivity index (χ2v) is 5.88. The van der Waals surface area contributed by atoms with Gasteiger partial charge in [0.2, 0.25) is 0 Å². The number of anilines is 1. The highest BCUT2D eigenvalue weighted by atomic mass is 16.6. The number of aromatic nitrogens is 1. The number of morpholine rings is 1. The summed E-state index contributed by atoms with van der Waals surface area (Å²) in [7, 11) is 0. The van der Waals surface area contributed by atoms with Gasteiger partial charge < -0.3 is 20.1 Å². The number of ether oxygens (including phenoxy) is 2. The first-order valence-electron chi connectivity index (χ1n) is 7.94. The van der Waals surface area contributed by atoms with Gasteiger partial charge in [-0.05, 0) is 18.6 Å². The standard InChI is InChI=1S/C18H21N3O3/c1-13-11-23-16(15-7-8-17(19)20-9-15)10-21(13)18(22)24-12-14-5-3-2-4-6-14/h2-9,13,16H,10-12H2,1H3,(H2,19,20). The van der Waals surface area contributed by atoms with Crippen molar-refractivity contribution in [2.24, 2.45) is 0 Å². The van der Waals surface area contributed by atoms with E-state index in [1.165, 1.54) is 0 Å². The van der Waals surface area contributed by atoms with Crippen molar-refractivity contribution < 1.29 is 14.3 Å². The van der Waals surface area contributed by atoms with Gasteiger partial charge in [0.25, 0.3) is 0 Å². The maximum absolute atomic E-state index is 12.4. The van der Waals surface area contributed by atoms with E-state index in [4.69, 9.17) is 15.2 Å². The third-order valence-corrected chi connectivity index (χ3v) is 4.05. The van der Waals surface area contributed by atoms with Crippen LogP contribution >= 0.6 is 0 Å². The lowest BCUT2D eigenvalue weighted by atomic mass is 10.1. The second kappa shape index (κ2) is 7.31. The summed E-state index contributed by atoms with van der Waals surface area (Å²) in [6.45, 7) is 3.09. The molecule has 126 valence electrons. The van der Waals surface area contributed by atoms with Crippen LogP contribution in [-0.4, -0.2) is 35.2 Å². The van der Waals surface area contributed by atoms with Crippen molar-refractivity contribution in [3.63, 3.8) is 0 Å². The quantitative estimate of drug-likeness (QED) is 0.938. The Morgan fingerprint density at radius 3 is 2.83 bits per heavy atom. The smallest absolute Gasteiger partial charge is 0.410 e. The van der Waals surface area contributed by atoms with Gasteiger partial charge in [-0.1, -0.05) is 36.4 Å². The van der Waals surface area contributed by atoms with E-state index >= 15 is 0 Å². The summed E-state index contributed by atoms with van der Waals surface area (Å²) in [4.78, 5) is 18.2. The molecule has 1 amide bonds. The fraction of sp³-hybridized carbons (Fsp3) is 0.333. The molecule has 2 unspecified atom stereocenters. The topological polar surface area (TPSA) is 77.7 Å². The predicted octanol–water partition coefficient (Wildman–Crippen LogP) is 2.76. The average Bonchev–Trinajstić information content (AvgIpc) is 2.62. The number of pyridine rings is 1. The molecule has 1 fully saturated rings. The third-order valence-electron chi connectivity index (χ3n) is 4.05. The number of amides is 1. The summed E-state index contributed by atoms with van der Waals surface area (Å²) in [5, 5.41) is 0. The third kappa shape index (κ3) is 3.83. The number of benzene rings is 1. The van der Waals surface area contributed by atoms with Crippen molar-refractivity contribution in [1.29, 1.82) is 0 Å². The van der Waals surface area contributed by atoms with Crippen LogP contribution in [0.4, 0.5) is 10.6 Å². The van der Waals surface area contributed by atoms with Crippen LogP contribution < -0.4 is 5.73 Å². The van der Waals surface area contributed by atoms with E-state index in [-0.39, 0.29) is 24.8 Å². The first-order chi connectivity index (χ1) is 11.6. The lowest BCUT2D eigenvalue weighted by Crippen LogP contribution is -2.48. The van der Waals surface area contributed by atoms with Crippen LogP contribution in [0.15, 0.2) is 48.7 Å². The fourth-order valence-electron chi connectivity index (χ4n) is 2.62. The van der Waals surface area contributed by atoms with E-state index in [9.17, 15) is 4.79 Å². The van der Waals surface area contributed by atoms with E-state index < -0.39 is 0 Å². The molecular formula is C18H21N3O3. The number of hydrogen-bond donors (Lipinski definition) is 1. The molecular weight excluding hydrogens is 306 g/mol. The summed E-state index contributed by atoms with van der Waals surface area (Å²) >= 11 is 0. The Hall–Kier alpha value is -2.60. The Balaban J connectivity index is 1.62. The van der Waals surface area contributed by atoms with Crippen molar-refractivity contribution in [2.75, 3.05) is 18.9 Å². The zero-order valence-corrected chi connectivity index (χ0v) is 13.6. The van der Waals surface area contributed by atoms with Crippen molar-refractivity contribution >= 4 is 11.9 Å². The molecule has 0 saturated carbocycles. The van der Waals surface area contributed by atoms with Crippen LogP contribution in [0.1, 0.15) is 24.2 Å². The van der Waals surface area contributed by atoms with Gasteiger partial charge in [0.15, 0.2) is 0 Å². The molecule has 6 nitrogen and oxygen atoms in total. The molecule has 2 aromatic rings. The van der Waals surface area contributed by atoms with E-state index in [2.05, 4.69) is 4.98 Å². The molecule has 6 heteroatoms. The molecule has 2 N–H and O–H groups in total. The second-order valence-electron chi connectivity index (χ2n) is 5.88. The zero-order valence-electron chi connectivity index (χ0n) is 13.6. The van der Waals surface area contributed by atoms with Gasteiger partial charge in [-0.25, -0.2) is 9.78 Å². The lowest BCUT2D eigenvalue weighted by molar-refractivity contribution is -0.0562. The van der Waals surface area contributed by atoms with E-state index in [1.807, 2.05) is 43.3 Å². The largest absolute Gasteiger partial charge is 0.445 e. The first kappa shape index (κ1) is 16.3. The molecule has 0 spiro atoms. The van der Waals surface area contributed by atoms with Gasteiger partial charge in [-0.2, -0.15) is 0 Å². The molecule has 1 aromatic heterocycles. The summed E-state index contributed by atoms with van der Waals surface area (Å²) in [6.07, 6.45) is 1.13. The summed E-state index contributed by atoms with van der Waals surface area (Å²) in [5.74, 6) is 0.460. The van der Waals surface area contributed by atoms with E-state index in [0.717, 1.165) is 11.1 Å². The van der Waals surface area contributed by atoms with Crippen LogP contribution in [0.5, 0.6) is 0 Å². The molecule has 0 radical (unpaired) electrons. The summed E-state index contributed by atoms with van der Waals surface area (Å²) < 4.78 is 11.3. The Morgan fingerprint density at radius 2 is 2.12 bits per heavy atom. The van der Waals surface area contributed by atoms with Gasteiger partial charge in [0.1, 0.15) is 18.5 Å². The number of rotatable bonds is 3. The normalized spacial score (nSPS) is 20.6. The number of nitrogens with two attached hydrogens (primary N) is 1. The average molecular weight is 327 g/mol. The van der Waals surface area contributed by atoms with Gasteiger partial charge in [0, 0.05) is 11.8 Å². The number of nitrogens with zero attached hydrogens (tertiary/aromatic N) is 2. The Kier molecular flexibility index (Phi) is 4.96. The van der Waals surface area contributed by atoms with Crippen LogP contribution in [0.2, 0.25) is 0 Å². The van der Waals surface area contributed by atoms with Crippen molar-refractivity contribution in [3.05, 3.63) is 59.8 Å². The number of nitrogen functional groups attached to an aromatic ring is 1. The van der Waals surface area contributed by atoms with Gasteiger partial charge >= 0.3 is 6.09 Å². The predicted molar refractivity (Wildman–Crippen MR) is 90.1 cm³/mol. The molecule has 1 aliphatic rings. The molecule has 1 aromatic carbocycles. The van der Waals surface area contributed by atoms with Crippen molar-refractivity contribution in [1.82, 2.24) is 9.88 Å². The van der Waals surface area contributed by atoms with Crippen molar-refractivity contribution in [2.45, 2.75) is 25.7 Å². The molecule has 0 bridgehead atoms. The Morgan fingerprint density at radius 1 is 1.33 bits per heavy atom. The maximum Gasteiger partial charge on any atom is 0.410 e. The SMILES string of the molecule is CC1COC(c2ccc(N)nc2)CN1C(=O)OCc1ccccc1. The number of carbonyl (C=O) groups excluding carboxylic acids is 1. The molecule has 3 rings (SSSR count). The summed E-state index contributed by atoms with van der Waals surface area (Å²) in [5.41, 5.74) is 7.48. The van der Waals surface area contributed by atoms with Crippen LogP contribution in [-0.2, 0) is 16.1 Å². The highest BCUT2D eigenvalue weighted by molar-refractivity contribution is 5.68. The first-order valence-corrected chi connectivity index (χ1v) is 7.94. The van der Waals surface area contributed by atoms with Gasteiger partial charge in [-0.3, -0.25) is 0 Å². The highest BCUT2D eigenvalue weighted by Crippen LogP contribution is 2.25. The molecule has 2 atom stereocenters. The van der Waals surface area contributed by atoms with Gasteiger partial charge in [-0.15, -0.1) is 0 Å². The molecule has 1 saturated heterocycles. The van der Waals surface area contributed by atoms with E-state index in [1.54, 1.807) is 17.2 Å². The molecule has 2 heterocycles. The van der Waals surface area contributed by atoms with E-state index in [0.29, 0.717) is 19.0 Å².